The molecule has 9 heteroatoms. The minimum Gasteiger partial charge on any atom is -0.326 e. The first-order valence-corrected chi connectivity index (χ1v) is 11.3. The topological polar surface area (TPSA) is 113 Å². The number of fused-ring (bicyclic) bond motifs is 1. The van der Waals surface area contributed by atoms with Gasteiger partial charge in [0.15, 0.2) is 0 Å². The second-order valence-corrected chi connectivity index (χ2v) is 8.26. The Morgan fingerprint density at radius 2 is 1.73 bits per heavy atom. The molecule has 30 heavy (non-hydrogen) atoms. The number of unbranched alkanes of at least 4 members (excludes halogenated alkanes) is 4. The molecule has 0 aromatic heterocycles. The van der Waals surface area contributed by atoms with E-state index in [4.69, 9.17) is 0 Å². The Kier molecular flexibility index (Phi) is 7.36. The van der Waals surface area contributed by atoms with E-state index in [2.05, 4.69) is 26.6 Å². The van der Waals surface area contributed by atoms with Gasteiger partial charge in [-0.2, -0.15) is 0 Å². The second-order valence-electron chi connectivity index (χ2n) is 7.46. The molecular weight excluding hydrogens is 454 g/mol. The number of benzene rings is 1. The number of amides is 5. The van der Waals surface area contributed by atoms with E-state index >= 15 is 0 Å². The molecule has 1 atom stereocenters. The molecule has 3 rings (SSSR count). The number of piperidine rings is 1. The van der Waals surface area contributed by atoms with Gasteiger partial charge in [0, 0.05) is 23.9 Å². The Balaban J connectivity index is 1.60. The standard InChI is InChI=1S/C21H24BrN3O5/c22-11-5-3-1-2-4-6-17(26)23-13-7-8-14-15(12-13)21(30)25(20(14)29)16-9-10-18(27)24-19(16)28/h7-8,12,16H,1-6,9-11H2,(H,23,26)(H,24,27,28). The third-order valence-electron chi connectivity index (χ3n) is 5.26. The molecule has 1 saturated heterocycles. The molecule has 0 radical (unpaired) electrons. The zero-order valence-corrected chi connectivity index (χ0v) is 18.1. The van der Waals surface area contributed by atoms with Gasteiger partial charge < -0.3 is 5.32 Å². The Bertz CT molecular complexity index is 885. The molecule has 2 aliphatic heterocycles. The van der Waals surface area contributed by atoms with Crippen LogP contribution in [0.1, 0.15) is 72.1 Å². The fourth-order valence-corrected chi connectivity index (χ4v) is 4.08. The van der Waals surface area contributed by atoms with Crippen molar-refractivity contribution >= 4 is 51.2 Å². The van der Waals surface area contributed by atoms with E-state index in [1.807, 2.05) is 0 Å². The summed E-state index contributed by atoms with van der Waals surface area (Å²) in [5, 5.41) is 5.92. The van der Waals surface area contributed by atoms with E-state index in [1.54, 1.807) is 6.07 Å². The van der Waals surface area contributed by atoms with Crippen LogP contribution in [0.3, 0.4) is 0 Å². The number of imide groups is 2. The average molecular weight is 478 g/mol. The van der Waals surface area contributed by atoms with Gasteiger partial charge in [-0.3, -0.25) is 34.2 Å². The summed E-state index contributed by atoms with van der Waals surface area (Å²) < 4.78 is 0. The number of nitrogens with zero attached hydrogens (tertiary/aromatic N) is 1. The number of alkyl halides is 1. The predicted octanol–water partition coefficient (Wildman–Crippen LogP) is 2.76. The van der Waals surface area contributed by atoms with E-state index in [-0.39, 0.29) is 29.9 Å². The van der Waals surface area contributed by atoms with Gasteiger partial charge in [-0.25, -0.2) is 0 Å². The maximum Gasteiger partial charge on any atom is 0.262 e. The molecule has 0 bridgehead atoms. The monoisotopic (exact) mass is 477 g/mol. The van der Waals surface area contributed by atoms with E-state index in [0.717, 1.165) is 42.3 Å². The number of anilines is 1. The lowest BCUT2D eigenvalue weighted by Gasteiger charge is -2.27. The van der Waals surface area contributed by atoms with Gasteiger partial charge in [-0.15, -0.1) is 0 Å². The van der Waals surface area contributed by atoms with Crippen LogP contribution in [0.4, 0.5) is 5.69 Å². The average Bonchev–Trinajstić information content (AvgIpc) is 2.95. The Morgan fingerprint density at radius 3 is 2.47 bits per heavy atom. The van der Waals surface area contributed by atoms with E-state index in [9.17, 15) is 24.0 Å². The summed E-state index contributed by atoms with van der Waals surface area (Å²) in [4.78, 5) is 62.0. The van der Waals surface area contributed by atoms with Crippen molar-refractivity contribution in [3.05, 3.63) is 29.3 Å². The van der Waals surface area contributed by atoms with Gasteiger partial charge >= 0.3 is 0 Å². The molecule has 1 fully saturated rings. The van der Waals surface area contributed by atoms with Gasteiger partial charge in [-0.1, -0.05) is 35.2 Å². The third-order valence-corrected chi connectivity index (χ3v) is 5.82. The van der Waals surface area contributed by atoms with Crippen LogP contribution < -0.4 is 10.6 Å². The lowest BCUT2D eigenvalue weighted by atomic mass is 10.0. The Hall–Kier alpha value is -2.55. The molecule has 0 saturated carbocycles. The van der Waals surface area contributed by atoms with Crippen LogP contribution in [0.5, 0.6) is 0 Å². The van der Waals surface area contributed by atoms with E-state index in [1.165, 1.54) is 12.1 Å². The minimum absolute atomic E-state index is 0.0707. The summed E-state index contributed by atoms with van der Waals surface area (Å²) in [5.74, 6) is -2.36. The summed E-state index contributed by atoms with van der Waals surface area (Å²) in [7, 11) is 0. The van der Waals surface area contributed by atoms with E-state index in [0.29, 0.717) is 12.1 Å². The summed E-state index contributed by atoms with van der Waals surface area (Å²) in [6, 6.07) is 3.52. The van der Waals surface area contributed by atoms with Crippen molar-refractivity contribution in [3.8, 4) is 0 Å². The molecule has 5 amide bonds. The molecule has 8 nitrogen and oxygen atoms in total. The highest BCUT2D eigenvalue weighted by Gasteiger charge is 2.44. The lowest BCUT2D eigenvalue weighted by Crippen LogP contribution is -2.54. The van der Waals surface area contributed by atoms with Crippen molar-refractivity contribution < 1.29 is 24.0 Å². The lowest BCUT2D eigenvalue weighted by molar-refractivity contribution is -0.136. The molecule has 160 valence electrons. The minimum atomic E-state index is -1.00. The first kappa shape index (κ1) is 22.1. The fraction of sp³-hybridized carbons (Fsp3) is 0.476. The number of nitrogens with one attached hydrogen (secondary N) is 2. The van der Waals surface area contributed by atoms with Crippen molar-refractivity contribution in [2.24, 2.45) is 0 Å². The molecule has 2 aliphatic rings. The highest BCUT2D eigenvalue weighted by atomic mass is 79.9. The molecule has 2 N–H and O–H groups in total. The van der Waals surface area contributed by atoms with Crippen LogP contribution in [0, 0.1) is 0 Å². The number of hydrogen-bond acceptors (Lipinski definition) is 5. The molecule has 1 unspecified atom stereocenters. The van der Waals surface area contributed by atoms with Crippen molar-refractivity contribution in [3.63, 3.8) is 0 Å². The fourth-order valence-electron chi connectivity index (χ4n) is 3.68. The smallest absolute Gasteiger partial charge is 0.262 e. The summed E-state index contributed by atoms with van der Waals surface area (Å²) in [5.41, 5.74) is 0.774. The largest absolute Gasteiger partial charge is 0.326 e. The van der Waals surface area contributed by atoms with E-state index < -0.39 is 29.7 Å². The van der Waals surface area contributed by atoms with Crippen LogP contribution in [-0.4, -0.2) is 45.8 Å². The first-order chi connectivity index (χ1) is 14.4. The van der Waals surface area contributed by atoms with Crippen LogP contribution in [0.15, 0.2) is 18.2 Å². The zero-order valence-electron chi connectivity index (χ0n) is 16.5. The number of carbonyl (C=O) groups is 5. The van der Waals surface area contributed by atoms with Crippen LogP contribution in [-0.2, 0) is 14.4 Å². The Labute approximate surface area is 182 Å². The van der Waals surface area contributed by atoms with Gasteiger partial charge in [0.05, 0.1) is 11.1 Å². The summed E-state index contributed by atoms with van der Waals surface area (Å²) in [6.45, 7) is 0. The van der Waals surface area contributed by atoms with Gasteiger partial charge in [0.25, 0.3) is 11.8 Å². The molecular formula is C21H24BrN3O5. The van der Waals surface area contributed by atoms with Gasteiger partial charge in [-0.05, 0) is 37.5 Å². The summed E-state index contributed by atoms with van der Waals surface area (Å²) >= 11 is 3.39. The van der Waals surface area contributed by atoms with Gasteiger partial charge in [0.1, 0.15) is 6.04 Å². The number of hydrogen-bond donors (Lipinski definition) is 2. The maximum atomic E-state index is 12.8. The summed E-state index contributed by atoms with van der Waals surface area (Å²) in [6.07, 6.45) is 5.70. The molecule has 1 aromatic rings. The second kappa shape index (κ2) is 9.97. The SMILES string of the molecule is O=C1CCC(N2C(=O)c3ccc(NC(=O)CCCCCCCBr)cc3C2=O)C(=O)N1. The predicted molar refractivity (Wildman–Crippen MR) is 113 cm³/mol. The van der Waals surface area contributed by atoms with Gasteiger partial charge in [0.2, 0.25) is 17.7 Å². The van der Waals surface area contributed by atoms with Crippen LogP contribution in [0.25, 0.3) is 0 Å². The molecule has 2 heterocycles. The third kappa shape index (κ3) is 4.95. The van der Waals surface area contributed by atoms with Crippen molar-refractivity contribution in [1.82, 2.24) is 10.2 Å². The highest BCUT2D eigenvalue weighted by molar-refractivity contribution is 9.09. The molecule has 0 aliphatic carbocycles. The normalized spacial score (nSPS) is 18.4. The maximum absolute atomic E-state index is 12.8. The van der Waals surface area contributed by atoms with Crippen LogP contribution >= 0.6 is 15.9 Å². The van der Waals surface area contributed by atoms with Crippen molar-refractivity contribution in [2.45, 2.75) is 57.4 Å². The zero-order chi connectivity index (χ0) is 21.7. The molecule has 1 aromatic carbocycles. The number of halogens is 1. The van der Waals surface area contributed by atoms with Crippen molar-refractivity contribution in [1.29, 1.82) is 0 Å². The first-order valence-electron chi connectivity index (χ1n) is 10.1. The Morgan fingerprint density at radius 1 is 1.03 bits per heavy atom. The quantitative estimate of drug-likeness (QED) is 0.322. The number of carbonyl (C=O) groups excluding carboxylic acids is 5. The number of rotatable bonds is 9. The highest BCUT2D eigenvalue weighted by Crippen LogP contribution is 2.29. The van der Waals surface area contributed by atoms with Crippen LogP contribution in [0.2, 0.25) is 0 Å². The van der Waals surface area contributed by atoms with Crippen molar-refractivity contribution in [2.75, 3.05) is 10.6 Å². The molecule has 0 spiro atoms.